The predicted octanol–water partition coefficient (Wildman–Crippen LogP) is 1.58. The summed E-state index contributed by atoms with van der Waals surface area (Å²) >= 11 is 6.03. The first-order chi connectivity index (χ1) is 7.70. The molecule has 16 heavy (non-hydrogen) atoms. The standard InChI is InChI=1S/C12H16ClNO2/c13-11-4-2-1-3-10(11)7-14-8-12(15)5-6-16-9-12/h1-4,14-15H,5-9H2. The van der Waals surface area contributed by atoms with Crippen LogP contribution in [-0.4, -0.2) is 30.5 Å². The number of hydrogen-bond donors (Lipinski definition) is 2. The molecule has 0 aromatic heterocycles. The van der Waals surface area contributed by atoms with Crippen molar-refractivity contribution >= 4 is 11.6 Å². The van der Waals surface area contributed by atoms with Crippen molar-refractivity contribution < 1.29 is 9.84 Å². The van der Waals surface area contributed by atoms with Crippen LogP contribution in [0.4, 0.5) is 0 Å². The number of aliphatic hydroxyl groups is 1. The lowest BCUT2D eigenvalue weighted by Crippen LogP contribution is -2.40. The van der Waals surface area contributed by atoms with Gasteiger partial charge in [-0.15, -0.1) is 0 Å². The molecule has 0 radical (unpaired) electrons. The topological polar surface area (TPSA) is 41.5 Å². The van der Waals surface area contributed by atoms with Gasteiger partial charge in [-0.2, -0.15) is 0 Å². The summed E-state index contributed by atoms with van der Waals surface area (Å²) < 4.78 is 5.17. The maximum absolute atomic E-state index is 10.0. The van der Waals surface area contributed by atoms with E-state index in [9.17, 15) is 5.11 Å². The average molecular weight is 242 g/mol. The summed E-state index contributed by atoms with van der Waals surface area (Å²) in [6.07, 6.45) is 0.697. The lowest BCUT2D eigenvalue weighted by Gasteiger charge is -2.20. The molecular formula is C12H16ClNO2. The third-order valence-electron chi connectivity index (χ3n) is 2.81. The van der Waals surface area contributed by atoms with Crippen LogP contribution in [0, 0.1) is 0 Å². The number of nitrogens with one attached hydrogen (secondary N) is 1. The Kier molecular flexibility index (Phi) is 3.82. The monoisotopic (exact) mass is 241 g/mol. The Balaban J connectivity index is 1.82. The number of hydrogen-bond acceptors (Lipinski definition) is 3. The molecule has 4 heteroatoms. The molecule has 0 spiro atoms. The van der Waals surface area contributed by atoms with Crippen molar-refractivity contribution in [1.82, 2.24) is 5.32 Å². The number of rotatable bonds is 4. The van der Waals surface area contributed by atoms with E-state index in [4.69, 9.17) is 16.3 Å². The van der Waals surface area contributed by atoms with Gasteiger partial charge in [0.1, 0.15) is 5.60 Å². The van der Waals surface area contributed by atoms with E-state index in [2.05, 4.69) is 5.32 Å². The van der Waals surface area contributed by atoms with Crippen LogP contribution in [0.25, 0.3) is 0 Å². The first-order valence-corrected chi connectivity index (χ1v) is 5.82. The summed E-state index contributed by atoms with van der Waals surface area (Å²) in [6.45, 7) is 2.27. The van der Waals surface area contributed by atoms with Gasteiger partial charge >= 0.3 is 0 Å². The van der Waals surface area contributed by atoms with E-state index < -0.39 is 5.60 Å². The predicted molar refractivity (Wildman–Crippen MR) is 63.5 cm³/mol. The van der Waals surface area contributed by atoms with Crippen LogP contribution in [0.2, 0.25) is 5.02 Å². The van der Waals surface area contributed by atoms with Crippen LogP contribution in [0.3, 0.4) is 0 Å². The van der Waals surface area contributed by atoms with Gasteiger partial charge in [-0.3, -0.25) is 0 Å². The SMILES string of the molecule is OC1(CNCc2ccccc2Cl)CCOC1. The van der Waals surface area contributed by atoms with Crippen molar-refractivity contribution in [2.45, 2.75) is 18.6 Å². The van der Waals surface area contributed by atoms with Gasteiger partial charge in [0, 0.05) is 31.1 Å². The number of benzene rings is 1. The molecule has 0 bridgehead atoms. The van der Waals surface area contributed by atoms with E-state index in [-0.39, 0.29) is 0 Å². The Morgan fingerprint density at radius 3 is 2.94 bits per heavy atom. The third-order valence-corrected chi connectivity index (χ3v) is 3.18. The minimum absolute atomic E-state index is 0.419. The third kappa shape index (κ3) is 2.95. The first-order valence-electron chi connectivity index (χ1n) is 5.44. The van der Waals surface area contributed by atoms with Crippen LogP contribution in [0.15, 0.2) is 24.3 Å². The van der Waals surface area contributed by atoms with E-state index in [0.717, 1.165) is 10.6 Å². The molecule has 0 amide bonds. The number of halogens is 1. The van der Waals surface area contributed by atoms with Gasteiger partial charge < -0.3 is 15.2 Å². The Labute approximate surface area is 100 Å². The fourth-order valence-corrected chi connectivity index (χ4v) is 2.01. The van der Waals surface area contributed by atoms with Crippen LogP contribution < -0.4 is 5.32 Å². The van der Waals surface area contributed by atoms with Crippen LogP contribution in [0.5, 0.6) is 0 Å². The molecule has 1 heterocycles. The van der Waals surface area contributed by atoms with E-state index in [1.54, 1.807) is 0 Å². The zero-order valence-electron chi connectivity index (χ0n) is 9.08. The van der Waals surface area contributed by atoms with Crippen molar-refractivity contribution in [3.05, 3.63) is 34.9 Å². The van der Waals surface area contributed by atoms with E-state index in [1.807, 2.05) is 24.3 Å². The molecule has 1 fully saturated rings. The summed E-state index contributed by atoms with van der Waals surface area (Å²) in [7, 11) is 0. The van der Waals surface area contributed by atoms with Gasteiger partial charge in [-0.1, -0.05) is 29.8 Å². The molecule has 1 aromatic carbocycles. The Bertz CT molecular complexity index is 351. The Morgan fingerprint density at radius 2 is 2.25 bits per heavy atom. The van der Waals surface area contributed by atoms with Crippen molar-refractivity contribution in [3.8, 4) is 0 Å². The summed E-state index contributed by atoms with van der Waals surface area (Å²) in [6, 6.07) is 7.71. The zero-order valence-corrected chi connectivity index (χ0v) is 9.83. The summed E-state index contributed by atoms with van der Waals surface area (Å²) in [5.74, 6) is 0. The second kappa shape index (κ2) is 5.15. The lowest BCUT2D eigenvalue weighted by molar-refractivity contribution is 0.0268. The normalized spacial score (nSPS) is 24.9. The molecule has 2 N–H and O–H groups in total. The summed E-state index contributed by atoms with van der Waals surface area (Å²) in [4.78, 5) is 0. The minimum Gasteiger partial charge on any atom is -0.386 e. The minimum atomic E-state index is -0.707. The second-order valence-corrected chi connectivity index (χ2v) is 4.63. The smallest absolute Gasteiger partial charge is 0.102 e. The second-order valence-electron chi connectivity index (χ2n) is 4.22. The largest absolute Gasteiger partial charge is 0.386 e. The zero-order chi connectivity index (χ0) is 11.4. The van der Waals surface area contributed by atoms with Crippen molar-refractivity contribution in [3.63, 3.8) is 0 Å². The van der Waals surface area contributed by atoms with E-state index >= 15 is 0 Å². The maximum Gasteiger partial charge on any atom is 0.102 e. The van der Waals surface area contributed by atoms with Gasteiger partial charge in [0.25, 0.3) is 0 Å². The first kappa shape index (κ1) is 11.9. The molecular weight excluding hydrogens is 226 g/mol. The molecule has 1 aromatic rings. The maximum atomic E-state index is 10.0. The summed E-state index contributed by atoms with van der Waals surface area (Å²) in [5, 5.41) is 14.0. The molecule has 1 aliphatic heterocycles. The van der Waals surface area contributed by atoms with Gasteiger partial charge in [-0.25, -0.2) is 0 Å². The highest BCUT2D eigenvalue weighted by Crippen LogP contribution is 2.18. The highest BCUT2D eigenvalue weighted by Gasteiger charge is 2.31. The molecule has 1 unspecified atom stereocenters. The van der Waals surface area contributed by atoms with Gasteiger partial charge in [0.05, 0.1) is 6.61 Å². The van der Waals surface area contributed by atoms with Crippen molar-refractivity contribution in [1.29, 1.82) is 0 Å². The molecule has 1 aliphatic rings. The fraction of sp³-hybridized carbons (Fsp3) is 0.500. The lowest BCUT2D eigenvalue weighted by atomic mass is 10.0. The quantitative estimate of drug-likeness (QED) is 0.841. The van der Waals surface area contributed by atoms with Gasteiger partial charge in [0.2, 0.25) is 0 Å². The highest BCUT2D eigenvalue weighted by molar-refractivity contribution is 6.31. The molecule has 0 saturated carbocycles. The Morgan fingerprint density at radius 1 is 1.44 bits per heavy atom. The molecule has 3 nitrogen and oxygen atoms in total. The highest BCUT2D eigenvalue weighted by atomic mass is 35.5. The summed E-state index contributed by atoms with van der Waals surface area (Å²) in [5.41, 5.74) is 0.341. The van der Waals surface area contributed by atoms with Gasteiger partial charge in [-0.05, 0) is 11.6 Å². The number of ether oxygens (including phenoxy) is 1. The molecule has 88 valence electrons. The van der Waals surface area contributed by atoms with Crippen LogP contribution >= 0.6 is 11.6 Å². The van der Waals surface area contributed by atoms with Crippen LogP contribution in [0.1, 0.15) is 12.0 Å². The molecule has 0 aliphatic carbocycles. The fourth-order valence-electron chi connectivity index (χ4n) is 1.81. The van der Waals surface area contributed by atoms with Gasteiger partial charge in [0.15, 0.2) is 0 Å². The molecule has 1 atom stereocenters. The average Bonchev–Trinajstić information content (AvgIpc) is 2.68. The van der Waals surface area contributed by atoms with Crippen molar-refractivity contribution in [2.75, 3.05) is 19.8 Å². The van der Waals surface area contributed by atoms with Crippen molar-refractivity contribution in [2.24, 2.45) is 0 Å². The van der Waals surface area contributed by atoms with Crippen LogP contribution in [-0.2, 0) is 11.3 Å². The molecule has 2 rings (SSSR count). The van der Waals surface area contributed by atoms with E-state index in [1.165, 1.54) is 0 Å². The Hall–Kier alpha value is -0.610. The molecule has 1 saturated heterocycles. The van der Waals surface area contributed by atoms with E-state index in [0.29, 0.717) is 32.7 Å².